The van der Waals surface area contributed by atoms with E-state index in [0.717, 1.165) is 11.3 Å². The summed E-state index contributed by atoms with van der Waals surface area (Å²) in [6, 6.07) is 7.18. The van der Waals surface area contributed by atoms with Crippen LogP contribution in [0.5, 0.6) is 0 Å². The van der Waals surface area contributed by atoms with Gasteiger partial charge in [-0.05, 0) is 32.2 Å². The summed E-state index contributed by atoms with van der Waals surface area (Å²) in [7, 11) is 0. The molecule has 0 aliphatic carbocycles. The first kappa shape index (κ1) is 22.9. The van der Waals surface area contributed by atoms with Crippen LogP contribution in [0.25, 0.3) is 21.5 Å². The monoisotopic (exact) mass is 460 g/mol. The Morgan fingerprint density at radius 1 is 1.29 bits per heavy atom. The third kappa shape index (κ3) is 5.13. The van der Waals surface area contributed by atoms with Gasteiger partial charge in [0.25, 0.3) is 5.91 Å². The molecule has 0 saturated carbocycles. The zero-order valence-electron chi connectivity index (χ0n) is 17.4. The van der Waals surface area contributed by atoms with Gasteiger partial charge in [-0.15, -0.1) is 11.3 Å². The second-order valence-electron chi connectivity index (χ2n) is 7.47. The van der Waals surface area contributed by atoms with Gasteiger partial charge in [0.15, 0.2) is 5.16 Å². The largest absolute Gasteiger partial charge is 0.397 e. The summed E-state index contributed by atoms with van der Waals surface area (Å²) in [4.78, 5) is 33.9. The number of hydrogen-bond donors (Lipinski definition) is 5. The van der Waals surface area contributed by atoms with Crippen LogP contribution in [0.3, 0.4) is 0 Å². The van der Waals surface area contributed by atoms with Gasteiger partial charge < -0.3 is 27.2 Å². The topological polar surface area (TPSA) is 156 Å². The van der Waals surface area contributed by atoms with Crippen LogP contribution in [0.1, 0.15) is 23.5 Å². The van der Waals surface area contributed by atoms with Crippen molar-refractivity contribution in [3.05, 3.63) is 29.1 Å². The van der Waals surface area contributed by atoms with E-state index in [-0.39, 0.29) is 29.6 Å². The number of nitrogens with two attached hydrogens (primary N) is 2. The van der Waals surface area contributed by atoms with E-state index in [0.29, 0.717) is 32.3 Å². The molecule has 0 aliphatic heterocycles. The summed E-state index contributed by atoms with van der Waals surface area (Å²) < 4.78 is 0. The highest BCUT2D eigenvalue weighted by Crippen LogP contribution is 2.39. The van der Waals surface area contributed by atoms with Gasteiger partial charge >= 0.3 is 0 Å². The van der Waals surface area contributed by atoms with E-state index >= 15 is 0 Å². The van der Waals surface area contributed by atoms with Crippen molar-refractivity contribution in [3.8, 4) is 11.3 Å². The molecular formula is C20H24N6O3S2. The number of amides is 2. The molecule has 2 heterocycles. The molecule has 0 radical (unpaired) electrons. The normalized spacial score (nSPS) is 11.6. The number of thioether (sulfide) groups is 1. The predicted octanol–water partition coefficient (Wildman–Crippen LogP) is 2.06. The molecule has 0 saturated heterocycles. The summed E-state index contributed by atoms with van der Waals surface area (Å²) in [5, 5.41) is 16.2. The number of nitrogens with zero attached hydrogens (tertiary/aromatic N) is 2. The van der Waals surface area contributed by atoms with Crippen LogP contribution < -0.4 is 22.1 Å². The molecule has 0 unspecified atom stereocenters. The Morgan fingerprint density at radius 2 is 2.03 bits per heavy atom. The Balaban J connectivity index is 1.96. The van der Waals surface area contributed by atoms with Crippen molar-refractivity contribution in [2.24, 2.45) is 5.73 Å². The van der Waals surface area contributed by atoms with Crippen LogP contribution in [-0.2, 0) is 4.79 Å². The number of anilines is 2. The van der Waals surface area contributed by atoms with Crippen molar-refractivity contribution in [1.82, 2.24) is 15.3 Å². The van der Waals surface area contributed by atoms with E-state index in [9.17, 15) is 14.7 Å². The van der Waals surface area contributed by atoms with Crippen molar-refractivity contribution >= 4 is 56.5 Å². The fraction of sp³-hybridized carbons (Fsp3) is 0.300. The maximum atomic E-state index is 12.3. The number of aliphatic hydroxyl groups excluding tert-OH is 1. The number of aliphatic hydroxyl groups is 1. The second kappa shape index (κ2) is 9.18. The number of thiophene rings is 1. The molecule has 31 heavy (non-hydrogen) atoms. The van der Waals surface area contributed by atoms with E-state index < -0.39 is 11.4 Å². The molecule has 0 fully saturated rings. The molecule has 3 aromatic rings. The van der Waals surface area contributed by atoms with Crippen molar-refractivity contribution in [3.63, 3.8) is 0 Å². The minimum atomic E-state index is -0.614. The van der Waals surface area contributed by atoms with E-state index in [1.165, 1.54) is 11.8 Å². The van der Waals surface area contributed by atoms with Crippen molar-refractivity contribution in [2.75, 3.05) is 30.5 Å². The Morgan fingerprint density at radius 3 is 2.68 bits per heavy atom. The quantitative estimate of drug-likeness (QED) is 0.253. The molecule has 3 rings (SSSR count). The summed E-state index contributed by atoms with van der Waals surface area (Å²) >= 11 is 2.50. The van der Waals surface area contributed by atoms with Crippen LogP contribution in [0.15, 0.2) is 29.4 Å². The summed E-state index contributed by atoms with van der Waals surface area (Å²) in [5.41, 5.74) is 13.2. The van der Waals surface area contributed by atoms with E-state index in [4.69, 9.17) is 11.5 Å². The molecule has 0 atom stereocenters. The number of rotatable bonds is 8. The van der Waals surface area contributed by atoms with Crippen molar-refractivity contribution < 1.29 is 14.7 Å². The molecule has 0 spiro atoms. The molecule has 0 aliphatic rings. The number of nitrogens with one attached hydrogen (secondary N) is 2. The minimum absolute atomic E-state index is 0.0472. The number of primary amides is 1. The Kier molecular flexibility index (Phi) is 6.80. The number of aromatic nitrogens is 2. The number of hydrogen-bond acceptors (Lipinski definition) is 9. The van der Waals surface area contributed by atoms with Gasteiger partial charge in [0.1, 0.15) is 9.71 Å². The number of fused-ring (bicyclic) bond motifs is 1. The van der Waals surface area contributed by atoms with Crippen LogP contribution in [0, 0.1) is 0 Å². The number of carbonyl (C=O) groups is 2. The van der Waals surface area contributed by atoms with Crippen LogP contribution in [-0.4, -0.2) is 51.8 Å². The van der Waals surface area contributed by atoms with Gasteiger partial charge in [-0.2, -0.15) is 0 Å². The maximum Gasteiger partial charge on any atom is 0.260 e. The Hall–Kier alpha value is -2.73. The zero-order chi connectivity index (χ0) is 22.8. The fourth-order valence-electron chi connectivity index (χ4n) is 2.81. The lowest BCUT2D eigenvalue weighted by molar-refractivity contribution is -0.115. The fourth-order valence-corrected chi connectivity index (χ4v) is 4.18. The van der Waals surface area contributed by atoms with Gasteiger partial charge in [0, 0.05) is 16.8 Å². The van der Waals surface area contributed by atoms with E-state index in [2.05, 4.69) is 20.6 Å². The summed E-state index contributed by atoms with van der Waals surface area (Å²) in [6.07, 6.45) is 1.86. The van der Waals surface area contributed by atoms with E-state index in [1.54, 1.807) is 32.0 Å². The lowest BCUT2D eigenvalue weighted by Crippen LogP contribution is -2.46. The molecule has 2 amide bonds. The second-order valence-corrected chi connectivity index (χ2v) is 9.25. The maximum absolute atomic E-state index is 12.3. The smallest absolute Gasteiger partial charge is 0.260 e. The van der Waals surface area contributed by atoms with Crippen molar-refractivity contribution in [1.29, 1.82) is 0 Å². The SMILES string of the molecule is CSc1nc(-c2cccc(NC(=O)CNC(C)(C)CO)c2)c2c(N)c(C(N)=O)sc2n1. The van der Waals surface area contributed by atoms with Gasteiger partial charge in [0.05, 0.1) is 29.9 Å². The van der Waals surface area contributed by atoms with Gasteiger partial charge in [0.2, 0.25) is 5.91 Å². The molecule has 164 valence electrons. The van der Waals surface area contributed by atoms with Crippen molar-refractivity contribution in [2.45, 2.75) is 24.5 Å². The van der Waals surface area contributed by atoms with Gasteiger partial charge in [-0.25, -0.2) is 9.97 Å². The third-order valence-corrected chi connectivity index (χ3v) is 6.18. The Labute approximate surface area is 187 Å². The molecule has 2 aromatic heterocycles. The summed E-state index contributed by atoms with van der Waals surface area (Å²) in [6.45, 7) is 3.56. The zero-order valence-corrected chi connectivity index (χ0v) is 19.0. The van der Waals surface area contributed by atoms with Gasteiger partial charge in [-0.1, -0.05) is 23.9 Å². The van der Waals surface area contributed by atoms with Gasteiger partial charge in [-0.3, -0.25) is 9.59 Å². The third-order valence-electron chi connectivity index (χ3n) is 4.52. The molecule has 0 bridgehead atoms. The first-order valence-electron chi connectivity index (χ1n) is 9.35. The number of benzene rings is 1. The standard InChI is InChI=1S/C20H24N6O3S2/c1-20(2,9-27)23-8-12(28)24-11-6-4-5-10(7-11)15-13-14(21)16(17(22)29)31-18(13)26-19(25-15)30-3/h4-7,23,27H,8-9,21H2,1-3H3,(H2,22,29)(H,24,28). The minimum Gasteiger partial charge on any atom is -0.397 e. The van der Waals surface area contributed by atoms with E-state index in [1.807, 2.05) is 12.3 Å². The summed E-state index contributed by atoms with van der Waals surface area (Å²) in [5.74, 6) is -0.862. The highest BCUT2D eigenvalue weighted by Gasteiger charge is 2.21. The number of carbonyl (C=O) groups excluding carboxylic acids is 2. The molecule has 11 heteroatoms. The highest BCUT2D eigenvalue weighted by atomic mass is 32.2. The molecular weight excluding hydrogens is 436 g/mol. The molecule has 9 nitrogen and oxygen atoms in total. The Bertz CT molecular complexity index is 1150. The van der Waals surface area contributed by atoms with Crippen LogP contribution >= 0.6 is 23.1 Å². The van der Waals surface area contributed by atoms with Crippen LogP contribution in [0.4, 0.5) is 11.4 Å². The lowest BCUT2D eigenvalue weighted by Gasteiger charge is -2.23. The molecule has 7 N–H and O–H groups in total. The first-order valence-corrected chi connectivity index (χ1v) is 11.4. The number of nitrogen functional groups attached to an aromatic ring is 1. The van der Waals surface area contributed by atoms with Crippen LogP contribution in [0.2, 0.25) is 0 Å². The lowest BCUT2D eigenvalue weighted by atomic mass is 10.1. The molecule has 1 aromatic carbocycles. The average molecular weight is 461 g/mol. The highest BCUT2D eigenvalue weighted by molar-refractivity contribution is 7.98. The predicted molar refractivity (Wildman–Crippen MR) is 125 cm³/mol. The first-order chi connectivity index (χ1) is 14.6. The average Bonchev–Trinajstić information content (AvgIpc) is 3.08.